The molecule has 6 rings (SSSR count). The SMILES string of the molecule is COc1cc(-c2cn(C)c(=O)c3c2CCN(C(=O)NCCOCCNc2cccc4c2C(=O)N(C2CCC(=O)NC2=O)C4=O)C3)c(OC)cc1CN(C)C. The van der Waals surface area contributed by atoms with E-state index in [1.165, 1.54) is 10.6 Å². The summed E-state index contributed by atoms with van der Waals surface area (Å²) in [5.74, 6) is -0.903. The van der Waals surface area contributed by atoms with Crippen molar-refractivity contribution in [3.63, 3.8) is 0 Å². The molecule has 6 amide bonds. The van der Waals surface area contributed by atoms with E-state index in [1.54, 1.807) is 38.3 Å². The van der Waals surface area contributed by atoms with Crippen molar-refractivity contribution < 1.29 is 38.2 Å². The lowest BCUT2D eigenvalue weighted by molar-refractivity contribution is -0.136. The Kier molecular flexibility index (Phi) is 11.3. The number of rotatable bonds is 13. The number of anilines is 1. The maximum absolute atomic E-state index is 13.3. The number of carbonyl (C=O) groups is 5. The number of urea groups is 1. The summed E-state index contributed by atoms with van der Waals surface area (Å²) >= 11 is 0. The number of carbonyl (C=O) groups excluding carboxylic acids is 5. The molecule has 0 spiro atoms. The Hall–Kier alpha value is -5.74. The van der Waals surface area contributed by atoms with Crippen molar-refractivity contribution in [1.82, 2.24) is 29.9 Å². The van der Waals surface area contributed by atoms with Crippen molar-refractivity contribution in [3.05, 3.63) is 74.7 Å². The molecular formula is C38H45N7O9. The number of hydrogen-bond acceptors (Lipinski definition) is 11. The van der Waals surface area contributed by atoms with Crippen LogP contribution in [-0.2, 0) is 40.9 Å². The fraction of sp³-hybridized carbons (Fsp3) is 0.421. The number of piperidine rings is 1. The minimum atomic E-state index is -1.05. The van der Waals surface area contributed by atoms with Crippen LogP contribution in [0.1, 0.15) is 50.2 Å². The second kappa shape index (κ2) is 16.1. The van der Waals surface area contributed by atoms with Crippen molar-refractivity contribution in [3.8, 4) is 22.6 Å². The summed E-state index contributed by atoms with van der Waals surface area (Å²) in [6.45, 7) is 2.19. The first-order valence-electron chi connectivity index (χ1n) is 17.7. The van der Waals surface area contributed by atoms with Crippen LogP contribution >= 0.6 is 0 Å². The number of pyridine rings is 1. The molecule has 54 heavy (non-hydrogen) atoms. The lowest BCUT2D eigenvalue weighted by Gasteiger charge is -2.30. The van der Waals surface area contributed by atoms with E-state index < -0.39 is 29.7 Å². The van der Waals surface area contributed by atoms with E-state index in [-0.39, 0.29) is 61.9 Å². The van der Waals surface area contributed by atoms with Gasteiger partial charge in [-0.15, -0.1) is 0 Å². The van der Waals surface area contributed by atoms with Crippen molar-refractivity contribution in [2.75, 3.05) is 66.5 Å². The number of imide groups is 2. The zero-order valence-electron chi connectivity index (χ0n) is 31.1. The average molecular weight is 744 g/mol. The highest BCUT2D eigenvalue weighted by Gasteiger charge is 2.45. The minimum absolute atomic E-state index is 0.0407. The molecule has 16 nitrogen and oxygen atoms in total. The van der Waals surface area contributed by atoms with Crippen molar-refractivity contribution >= 4 is 35.3 Å². The highest BCUT2D eigenvalue weighted by atomic mass is 16.5. The monoisotopic (exact) mass is 743 g/mol. The number of nitrogens with zero attached hydrogens (tertiary/aromatic N) is 4. The van der Waals surface area contributed by atoms with Crippen LogP contribution in [0.5, 0.6) is 11.5 Å². The van der Waals surface area contributed by atoms with Gasteiger partial charge < -0.3 is 39.2 Å². The van der Waals surface area contributed by atoms with Gasteiger partial charge in [-0.05, 0) is 56.8 Å². The first-order chi connectivity index (χ1) is 25.9. The summed E-state index contributed by atoms with van der Waals surface area (Å²) in [4.78, 5) is 81.4. The number of benzene rings is 2. The molecule has 4 heterocycles. The van der Waals surface area contributed by atoms with Crippen LogP contribution in [0.2, 0.25) is 0 Å². The molecule has 0 saturated carbocycles. The Morgan fingerprint density at radius 1 is 0.926 bits per heavy atom. The fourth-order valence-corrected chi connectivity index (χ4v) is 7.21. The minimum Gasteiger partial charge on any atom is -0.496 e. The van der Waals surface area contributed by atoms with Gasteiger partial charge in [0, 0.05) is 73.8 Å². The number of methoxy groups -OCH3 is 2. The molecule has 1 unspecified atom stereocenters. The van der Waals surface area contributed by atoms with Gasteiger partial charge in [0.2, 0.25) is 11.8 Å². The van der Waals surface area contributed by atoms with Gasteiger partial charge in [0.05, 0.1) is 45.1 Å². The van der Waals surface area contributed by atoms with E-state index in [2.05, 4.69) is 16.0 Å². The molecule has 3 N–H and O–H groups in total. The predicted molar refractivity (Wildman–Crippen MR) is 198 cm³/mol. The predicted octanol–water partition coefficient (Wildman–Crippen LogP) is 1.73. The summed E-state index contributed by atoms with van der Waals surface area (Å²) in [6.07, 6.45) is 2.40. The van der Waals surface area contributed by atoms with Gasteiger partial charge in [-0.2, -0.15) is 0 Å². The van der Waals surface area contributed by atoms with E-state index in [9.17, 15) is 28.8 Å². The van der Waals surface area contributed by atoms with Crippen molar-refractivity contribution in [1.29, 1.82) is 0 Å². The number of ether oxygens (including phenoxy) is 3. The van der Waals surface area contributed by atoms with Gasteiger partial charge in [-0.1, -0.05) is 6.07 Å². The van der Waals surface area contributed by atoms with E-state index in [1.807, 2.05) is 37.3 Å². The number of fused-ring (bicyclic) bond motifs is 2. The van der Waals surface area contributed by atoms with Crippen LogP contribution in [0.3, 0.4) is 0 Å². The third-order valence-corrected chi connectivity index (χ3v) is 9.79. The molecule has 3 aliphatic rings. The molecule has 3 aliphatic heterocycles. The molecule has 1 aromatic heterocycles. The zero-order chi connectivity index (χ0) is 38.7. The first-order valence-corrected chi connectivity index (χ1v) is 17.7. The van der Waals surface area contributed by atoms with Gasteiger partial charge in [-0.3, -0.25) is 34.2 Å². The van der Waals surface area contributed by atoms with E-state index >= 15 is 0 Å². The topological polar surface area (TPSA) is 181 Å². The summed E-state index contributed by atoms with van der Waals surface area (Å²) in [5.41, 5.74) is 4.65. The Bertz CT molecular complexity index is 2060. The van der Waals surface area contributed by atoms with Gasteiger partial charge in [0.25, 0.3) is 17.4 Å². The van der Waals surface area contributed by atoms with Crippen LogP contribution in [0.25, 0.3) is 11.1 Å². The summed E-state index contributed by atoms with van der Waals surface area (Å²) < 4.78 is 18.8. The summed E-state index contributed by atoms with van der Waals surface area (Å²) in [7, 11) is 8.90. The summed E-state index contributed by atoms with van der Waals surface area (Å²) in [5, 5.41) is 8.18. The van der Waals surface area contributed by atoms with Gasteiger partial charge in [-0.25, -0.2) is 4.79 Å². The Labute approximate surface area is 312 Å². The molecular weight excluding hydrogens is 698 g/mol. The molecule has 0 radical (unpaired) electrons. The standard InChI is InChI=1S/C38H45N7O9/c1-42(2)19-22-17-31(53-5)25(18-30(22)52-4)26-20-43(3)35(48)27-21-44(14-11-23(26)27)38(51)40-13-16-54-15-12-39-28-8-6-7-24-33(28)37(50)45(36(24)49)29-9-10-32(46)41-34(29)47/h6-8,17-18,20,29,39H,9-16,19,21H2,1-5H3,(H,40,51)(H,41,46,47). The fourth-order valence-electron chi connectivity index (χ4n) is 7.21. The normalized spacial score (nSPS) is 16.7. The van der Waals surface area contributed by atoms with Crippen LogP contribution in [0, 0.1) is 0 Å². The molecule has 0 bridgehead atoms. The Balaban J connectivity index is 1.02. The van der Waals surface area contributed by atoms with Crippen molar-refractivity contribution in [2.24, 2.45) is 7.05 Å². The van der Waals surface area contributed by atoms with Gasteiger partial charge in [0.15, 0.2) is 0 Å². The summed E-state index contributed by atoms with van der Waals surface area (Å²) in [6, 6.07) is 7.38. The van der Waals surface area contributed by atoms with Crippen LogP contribution in [0.4, 0.5) is 10.5 Å². The highest BCUT2D eigenvalue weighted by molar-refractivity contribution is 6.25. The Morgan fingerprint density at radius 2 is 1.69 bits per heavy atom. The van der Waals surface area contributed by atoms with Crippen LogP contribution < -0.4 is 31.0 Å². The Morgan fingerprint density at radius 3 is 2.41 bits per heavy atom. The average Bonchev–Trinajstić information content (AvgIpc) is 3.41. The molecule has 3 aromatic rings. The molecule has 1 atom stereocenters. The third-order valence-electron chi connectivity index (χ3n) is 9.79. The van der Waals surface area contributed by atoms with Gasteiger partial charge >= 0.3 is 6.03 Å². The van der Waals surface area contributed by atoms with E-state index in [4.69, 9.17) is 14.2 Å². The number of aryl methyl sites for hydroxylation is 1. The van der Waals surface area contributed by atoms with E-state index in [0.29, 0.717) is 48.8 Å². The lowest BCUT2D eigenvalue weighted by atomic mass is 9.91. The lowest BCUT2D eigenvalue weighted by Crippen LogP contribution is -2.54. The molecule has 1 fully saturated rings. The second-order valence-electron chi connectivity index (χ2n) is 13.6. The largest absolute Gasteiger partial charge is 0.496 e. The number of nitrogens with one attached hydrogen (secondary N) is 3. The third kappa shape index (κ3) is 7.52. The number of aromatic nitrogens is 1. The van der Waals surface area contributed by atoms with Gasteiger partial charge in [0.1, 0.15) is 17.5 Å². The van der Waals surface area contributed by atoms with E-state index in [0.717, 1.165) is 27.2 Å². The molecule has 16 heteroatoms. The molecule has 2 aromatic carbocycles. The molecule has 286 valence electrons. The molecule has 0 aliphatic carbocycles. The maximum atomic E-state index is 13.3. The zero-order valence-corrected chi connectivity index (χ0v) is 31.1. The smallest absolute Gasteiger partial charge is 0.317 e. The van der Waals surface area contributed by atoms with Crippen molar-refractivity contribution in [2.45, 2.75) is 38.4 Å². The highest BCUT2D eigenvalue weighted by Crippen LogP contribution is 2.39. The number of hydrogen-bond donors (Lipinski definition) is 3. The van der Waals surface area contributed by atoms with Crippen LogP contribution in [-0.4, -0.2) is 116 Å². The number of amides is 6. The van der Waals surface area contributed by atoms with Crippen LogP contribution in [0.15, 0.2) is 41.3 Å². The quantitative estimate of drug-likeness (QED) is 0.171. The maximum Gasteiger partial charge on any atom is 0.317 e. The second-order valence-corrected chi connectivity index (χ2v) is 13.6. The first kappa shape index (κ1) is 38.0. The molecule has 1 saturated heterocycles.